The van der Waals surface area contributed by atoms with Gasteiger partial charge in [0.05, 0.1) is 6.04 Å². The van der Waals surface area contributed by atoms with Gasteiger partial charge in [-0.05, 0) is 60.8 Å². The average Bonchev–Trinajstić information content (AvgIpc) is 3.49. The van der Waals surface area contributed by atoms with Gasteiger partial charge < -0.3 is 10.6 Å². The van der Waals surface area contributed by atoms with Crippen molar-refractivity contribution in [2.75, 3.05) is 46.3 Å². The summed E-state index contributed by atoms with van der Waals surface area (Å²) in [4.78, 5) is 12.6. The van der Waals surface area contributed by atoms with E-state index in [0.717, 1.165) is 38.7 Å². The molecule has 2 aromatic rings. The first-order chi connectivity index (χ1) is 13.8. The van der Waals surface area contributed by atoms with Gasteiger partial charge in [-0.2, -0.15) is 0 Å². The molecule has 1 fully saturated rings. The lowest BCUT2D eigenvalue weighted by Gasteiger charge is -2.28. The Morgan fingerprint density at radius 3 is 2.76 bits per heavy atom. The maximum absolute atomic E-state index is 4.44. The summed E-state index contributed by atoms with van der Waals surface area (Å²) in [6.07, 6.45) is 3.82. The first kappa shape index (κ1) is 23.0. The van der Waals surface area contributed by atoms with Crippen molar-refractivity contribution in [3.63, 3.8) is 0 Å². The Labute approximate surface area is 199 Å². The first-order valence-electron chi connectivity index (χ1n) is 10.3. The van der Waals surface area contributed by atoms with Gasteiger partial charge in [0.2, 0.25) is 0 Å². The van der Waals surface area contributed by atoms with Gasteiger partial charge in [0, 0.05) is 49.5 Å². The van der Waals surface area contributed by atoms with Crippen LogP contribution in [-0.4, -0.2) is 62.1 Å². The lowest BCUT2D eigenvalue weighted by Crippen LogP contribution is -2.45. The van der Waals surface area contributed by atoms with Crippen LogP contribution >= 0.6 is 46.7 Å². The molecule has 0 amide bonds. The van der Waals surface area contributed by atoms with Crippen LogP contribution in [0.2, 0.25) is 0 Å². The van der Waals surface area contributed by atoms with E-state index in [4.69, 9.17) is 0 Å². The zero-order valence-electron chi connectivity index (χ0n) is 17.1. The Hall–Kier alpha value is -0.680. The largest absolute Gasteiger partial charge is 0.355 e. The molecule has 1 atom stereocenters. The number of guanidine groups is 1. The average molecular weight is 546 g/mol. The minimum atomic E-state index is 0. The fourth-order valence-corrected chi connectivity index (χ4v) is 5.94. The molecule has 0 saturated carbocycles. The Balaban J connectivity index is 0.00000240. The second kappa shape index (κ2) is 11.6. The maximum atomic E-state index is 4.44. The number of thiophene rings is 2. The van der Waals surface area contributed by atoms with E-state index in [0.29, 0.717) is 6.04 Å². The number of nitrogens with zero attached hydrogens (tertiary/aromatic N) is 3. The number of halogens is 1. The van der Waals surface area contributed by atoms with E-state index in [1.165, 1.54) is 42.8 Å². The van der Waals surface area contributed by atoms with Crippen molar-refractivity contribution < 1.29 is 0 Å². The number of likely N-dealkylation sites (tertiary alicyclic amines) is 1. The topological polar surface area (TPSA) is 42.9 Å². The third-order valence-corrected chi connectivity index (χ3v) is 7.74. The fourth-order valence-electron chi connectivity index (χ4n) is 4.19. The van der Waals surface area contributed by atoms with Crippen LogP contribution in [0.3, 0.4) is 0 Å². The lowest BCUT2D eigenvalue weighted by atomic mass is 10.1. The van der Waals surface area contributed by atoms with Crippen LogP contribution in [0.5, 0.6) is 0 Å². The second-order valence-electron chi connectivity index (χ2n) is 7.55. The Kier molecular flexibility index (Phi) is 9.23. The highest BCUT2D eigenvalue weighted by Crippen LogP contribution is 2.27. The number of fused-ring (bicyclic) bond motifs is 1. The minimum Gasteiger partial charge on any atom is -0.355 e. The van der Waals surface area contributed by atoms with Crippen LogP contribution in [0.4, 0.5) is 0 Å². The molecule has 1 saturated heterocycles. The lowest BCUT2D eigenvalue weighted by molar-refractivity contribution is 0.248. The Morgan fingerprint density at radius 2 is 2.00 bits per heavy atom. The van der Waals surface area contributed by atoms with Crippen molar-refractivity contribution in [2.45, 2.75) is 31.8 Å². The molecule has 4 rings (SSSR count). The summed E-state index contributed by atoms with van der Waals surface area (Å²) in [5.41, 5.74) is 1.52. The standard InChI is InChI=1S/C21H31N5S2.HI/c1-22-21(23-8-12-25-11-6-19-17(16-25)7-14-28-19)24-15-18(20-5-4-13-27-20)26-9-2-3-10-26;/h4-5,7,13-14,18H,2-3,6,8-12,15-16H2,1H3,(H2,22,23,24);1H. The van der Waals surface area contributed by atoms with E-state index in [1.807, 2.05) is 29.7 Å². The van der Waals surface area contributed by atoms with Gasteiger partial charge in [0.25, 0.3) is 0 Å². The van der Waals surface area contributed by atoms with E-state index >= 15 is 0 Å². The Morgan fingerprint density at radius 1 is 1.14 bits per heavy atom. The summed E-state index contributed by atoms with van der Waals surface area (Å²) < 4.78 is 0. The summed E-state index contributed by atoms with van der Waals surface area (Å²) in [7, 11) is 1.86. The molecule has 160 valence electrons. The highest BCUT2D eigenvalue weighted by Gasteiger charge is 2.24. The molecule has 0 aliphatic carbocycles. The van der Waals surface area contributed by atoms with E-state index in [9.17, 15) is 0 Å². The van der Waals surface area contributed by atoms with Gasteiger partial charge in [-0.3, -0.25) is 14.8 Å². The molecular weight excluding hydrogens is 513 g/mol. The van der Waals surface area contributed by atoms with Gasteiger partial charge >= 0.3 is 0 Å². The molecule has 2 N–H and O–H groups in total. The molecule has 0 radical (unpaired) electrons. The number of nitrogens with one attached hydrogen (secondary N) is 2. The SMILES string of the molecule is CN=C(NCCN1CCc2sccc2C1)NCC(c1cccs1)N1CCCC1.I. The first-order valence-corrected chi connectivity index (χ1v) is 12.1. The van der Waals surface area contributed by atoms with Crippen LogP contribution in [0.25, 0.3) is 0 Å². The fraction of sp³-hybridized carbons (Fsp3) is 0.571. The zero-order valence-corrected chi connectivity index (χ0v) is 21.1. The molecule has 2 aromatic heterocycles. The molecule has 29 heavy (non-hydrogen) atoms. The monoisotopic (exact) mass is 545 g/mol. The molecule has 0 bridgehead atoms. The molecule has 1 unspecified atom stereocenters. The molecule has 2 aliphatic heterocycles. The highest BCUT2D eigenvalue weighted by atomic mass is 127. The third kappa shape index (κ3) is 6.16. The third-order valence-electron chi connectivity index (χ3n) is 5.75. The summed E-state index contributed by atoms with van der Waals surface area (Å²) in [5, 5.41) is 11.5. The van der Waals surface area contributed by atoms with Crippen molar-refractivity contribution in [3.05, 3.63) is 44.3 Å². The summed E-state index contributed by atoms with van der Waals surface area (Å²) in [6, 6.07) is 7.15. The smallest absolute Gasteiger partial charge is 0.191 e. The number of hydrogen-bond donors (Lipinski definition) is 2. The van der Waals surface area contributed by atoms with Gasteiger partial charge in [-0.15, -0.1) is 46.7 Å². The zero-order chi connectivity index (χ0) is 19.2. The van der Waals surface area contributed by atoms with Crippen LogP contribution in [-0.2, 0) is 13.0 Å². The highest BCUT2D eigenvalue weighted by molar-refractivity contribution is 14.0. The van der Waals surface area contributed by atoms with Crippen molar-refractivity contribution in [1.82, 2.24) is 20.4 Å². The second-order valence-corrected chi connectivity index (χ2v) is 9.53. The van der Waals surface area contributed by atoms with E-state index < -0.39 is 0 Å². The van der Waals surface area contributed by atoms with Crippen molar-refractivity contribution >= 4 is 52.6 Å². The molecule has 2 aliphatic rings. The van der Waals surface area contributed by atoms with Crippen molar-refractivity contribution in [3.8, 4) is 0 Å². The van der Waals surface area contributed by atoms with Crippen molar-refractivity contribution in [2.24, 2.45) is 4.99 Å². The van der Waals surface area contributed by atoms with E-state index in [2.05, 4.69) is 54.4 Å². The number of hydrogen-bond acceptors (Lipinski definition) is 5. The van der Waals surface area contributed by atoms with E-state index in [1.54, 1.807) is 4.88 Å². The number of aliphatic imine (C=N–C) groups is 1. The molecule has 4 heterocycles. The van der Waals surface area contributed by atoms with Crippen LogP contribution in [0.1, 0.15) is 34.2 Å². The molecular formula is C21H32IN5S2. The maximum Gasteiger partial charge on any atom is 0.191 e. The van der Waals surface area contributed by atoms with Crippen LogP contribution in [0.15, 0.2) is 34.0 Å². The molecule has 0 aromatic carbocycles. The van der Waals surface area contributed by atoms with Crippen LogP contribution < -0.4 is 10.6 Å². The summed E-state index contributed by atoms with van der Waals surface area (Å²) in [5.74, 6) is 0.911. The molecule has 5 nitrogen and oxygen atoms in total. The predicted octanol–water partition coefficient (Wildman–Crippen LogP) is 3.79. The quantitative estimate of drug-likeness (QED) is 0.316. The molecule has 0 spiro atoms. The van der Waals surface area contributed by atoms with Gasteiger partial charge in [-0.1, -0.05) is 6.07 Å². The minimum absolute atomic E-state index is 0. The van der Waals surface area contributed by atoms with Crippen LogP contribution in [0, 0.1) is 0 Å². The summed E-state index contributed by atoms with van der Waals surface area (Å²) >= 11 is 3.76. The van der Waals surface area contributed by atoms with Gasteiger partial charge in [0.15, 0.2) is 5.96 Å². The predicted molar refractivity (Wildman–Crippen MR) is 136 cm³/mol. The Bertz CT molecular complexity index is 755. The normalized spacial score (nSPS) is 18.9. The molecule has 8 heteroatoms. The number of rotatable bonds is 7. The van der Waals surface area contributed by atoms with Crippen molar-refractivity contribution in [1.29, 1.82) is 0 Å². The van der Waals surface area contributed by atoms with E-state index in [-0.39, 0.29) is 24.0 Å². The van der Waals surface area contributed by atoms with Gasteiger partial charge in [-0.25, -0.2) is 0 Å². The van der Waals surface area contributed by atoms with Gasteiger partial charge in [0.1, 0.15) is 0 Å². The summed E-state index contributed by atoms with van der Waals surface area (Å²) in [6.45, 7) is 7.54.